The van der Waals surface area contributed by atoms with Crippen LogP contribution in [0.5, 0.6) is 0 Å². The molecule has 1 aliphatic rings. The molecular formula is C16H16N4. The number of aromatic nitrogens is 2. The van der Waals surface area contributed by atoms with Gasteiger partial charge in [0.15, 0.2) is 0 Å². The molecule has 1 aromatic heterocycles. The number of hydrogen-bond donors (Lipinski definition) is 1. The summed E-state index contributed by atoms with van der Waals surface area (Å²) in [6.45, 7) is 0.703. The van der Waals surface area contributed by atoms with E-state index in [1.165, 1.54) is 0 Å². The predicted octanol–water partition coefficient (Wildman–Crippen LogP) is 2.19. The Morgan fingerprint density at radius 3 is 2.65 bits per heavy atom. The fourth-order valence-corrected chi connectivity index (χ4v) is 2.75. The van der Waals surface area contributed by atoms with Crippen LogP contribution in [-0.4, -0.2) is 16.2 Å². The number of nitriles is 1. The van der Waals surface area contributed by atoms with E-state index in [4.69, 9.17) is 0 Å². The van der Waals surface area contributed by atoms with Gasteiger partial charge in [-0.25, -0.2) is 0 Å². The lowest BCUT2D eigenvalue weighted by Crippen LogP contribution is -2.50. The lowest BCUT2D eigenvalue weighted by atomic mass is 9.62. The van der Waals surface area contributed by atoms with E-state index in [2.05, 4.69) is 21.6 Å². The molecule has 2 aromatic rings. The molecule has 0 radical (unpaired) electrons. The normalized spacial score (nSPS) is 24.6. The van der Waals surface area contributed by atoms with Crippen molar-refractivity contribution in [1.82, 2.24) is 15.5 Å². The maximum Gasteiger partial charge on any atom is 0.0852 e. The van der Waals surface area contributed by atoms with Crippen molar-refractivity contribution in [1.29, 1.82) is 5.26 Å². The second kappa shape index (κ2) is 5.40. The van der Waals surface area contributed by atoms with Gasteiger partial charge in [-0.3, -0.25) is 0 Å². The molecule has 0 atom stereocenters. The average molecular weight is 264 g/mol. The molecule has 20 heavy (non-hydrogen) atoms. The largest absolute Gasteiger partial charge is 0.308 e. The minimum atomic E-state index is -0.318. The summed E-state index contributed by atoms with van der Waals surface area (Å²) in [5.41, 5.74) is 1.74. The van der Waals surface area contributed by atoms with Crippen LogP contribution in [0, 0.1) is 11.3 Å². The first-order valence-electron chi connectivity index (χ1n) is 6.79. The van der Waals surface area contributed by atoms with Crippen LogP contribution in [0.25, 0.3) is 0 Å². The molecule has 1 N–H and O–H groups in total. The SMILES string of the molecule is N#CC1(c2ccccc2)CC(NCc2cccnn2)C1. The van der Waals surface area contributed by atoms with Gasteiger partial charge in [0.1, 0.15) is 0 Å². The Hall–Kier alpha value is -2.25. The molecule has 0 aliphatic heterocycles. The molecule has 1 heterocycles. The Kier molecular flexibility index (Phi) is 3.44. The topological polar surface area (TPSA) is 61.6 Å². The smallest absolute Gasteiger partial charge is 0.0852 e. The summed E-state index contributed by atoms with van der Waals surface area (Å²) in [5.74, 6) is 0. The lowest BCUT2D eigenvalue weighted by molar-refractivity contribution is 0.225. The molecule has 0 bridgehead atoms. The molecule has 0 amide bonds. The van der Waals surface area contributed by atoms with Crippen LogP contribution in [0.4, 0.5) is 0 Å². The van der Waals surface area contributed by atoms with E-state index in [9.17, 15) is 5.26 Å². The van der Waals surface area contributed by atoms with Crippen molar-refractivity contribution in [2.24, 2.45) is 0 Å². The van der Waals surface area contributed by atoms with Crippen LogP contribution < -0.4 is 5.32 Å². The van der Waals surface area contributed by atoms with E-state index in [0.29, 0.717) is 12.6 Å². The van der Waals surface area contributed by atoms with Crippen LogP contribution in [0.1, 0.15) is 24.1 Å². The van der Waals surface area contributed by atoms with Crippen LogP contribution >= 0.6 is 0 Å². The van der Waals surface area contributed by atoms with Crippen molar-refractivity contribution in [3.63, 3.8) is 0 Å². The van der Waals surface area contributed by atoms with Gasteiger partial charge in [-0.1, -0.05) is 30.3 Å². The molecule has 4 nitrogen and oxygen atoms in total. The Balaban J connectivity index is 1.59. The second-order valence-electron chi connectivity index (χ2n) is 5.26. The van der Waals surface area contributed by atoms with E-state index in [1.54, 1.807) is 6.20 Å². The maximum atomic E-state index is 9.49. The van der Waals surface area contributed by atoms with Crippen LogP contribution in [0.15, 0.2) is 48.7 Å². The molecule has 0 unspecified atom stereocenters. The highest BCUT2D eigenvalue weighted by atomic mass is 15.1. The van der Waals surface area contributed by atoms with E-state index < -0.39 is 0 Å². The minimum Gasteiger partial charge on any atom is -0.308 e. The van der Waals surface area contributed by atoms with E-state index >= 15 is 0 Å². The fourth-order valence-electron chi connectivity index (χ4n) is 2.75. The first kappa shape index (κ1) is 12.8. The summed E-state index contributed by atoms with van der Waals surface area (Å²) in [6.07, 6.45) is 3.38. The van der Waals surface area contributed by atoms with Crippen molar-refractivity contribution in [3.8, 4) is 6.07 Å². The summed E-state index contributed by atoms with van der Waals surface area (Å²) in [4.78, 5) is 0. The third-order valence-electron chi connectivity index (χ3n) is 3.93. The first-order chi connectivity index (χ1) is 9.82. The van der Waals surface area contributed by atoms with Gasteiger partial charge in [-0.05, 0) is 30.5 Å². The lowest BCUT2D eigenvalue weighted by Gasteiger charge is -2.43. The highest BCUT2D eigenvalue weighted by molar-refractivity contribution is 5.36. The Morgan fingerprint density at radius 1 is 1.20 bits per heavy atom. The molecule has 1 saturated carbocycles. The van der Waals surface area contributed by atoms with Gasteiger partial charge >= 0.3 is 0 Å². The summed E-state index contributed by atoms with van der Waals surface area (Å²) in [5, 5.41) is 20.8. The van der Waals surface area contributed by atoms with Crippen LogP contribution in [0.3, 0.4) is 0 Å². The van der Waals surface area contributed by atoms with Gasteiger partial charge in [0, 0.05) is 18.8 Å². The number of nitrogens with zero attached hydrogens (tertiary/aromatic N) is 3. The Labute approximate surface area is 118 Å². The van der Waals surface area contributed by atoms with E-state index in [-0.39, 0.29) is 5.41 Å². The maximum absolute atomic E-state index is 9.49. The molecule has 0 saturated heterocycles. The third-order valence-corrected chi connectivity index (χ3v) is 3.93. The van der Waals surface area contributed by atoms with E-state index in [1.807, 2.05) is 42.5 Å². The molecular weight excluding hydrogens is 248 g/mol. The first-order valence-corrected chi connectivity index (χ1v) is 6.79. The number of hydrogen-bond acceptors (Lipinski definition) is 4. The molecule has 100 valence electrons. The second-order valence-corrected chi connectivity index (χ2v) is 5.26. The zero-order valence-corrected chi connectivity index (χ0v) is 11.2. The van der Waals surface area contributed by atoms with Gasteiger partial charge in [0.2, 0.25) is 0 Å². The average Bonchev–Trinajstić information content (AvgIpc) is 2.48. The van der Waals surface area contributed by atoms with Crippen molar-refractivity contribution in [3.05, 3.63) is 59.9 Å². The monoisotopic (exact) mass is 264 g/mol. The predicted molar refractivity (Wildman–Crippen MR) is 75.6 cm³/mol. The minimum absolute atomic E-state index is 0.318. The van der Waals surface area contributed by atoms with Crippen molar-refractivity contribution in [2.45, 2.75) is 30.8 Å². The summed E-state index contributed by atoms with van der Waals surface area (Å²) < 4.78 is 0. The molecule has 4 heteroatoms. The van der Waals surface area contributed by atoms with Crippen molar-refractivity contribution in [2.75, 3.05) is 0 Å². The summed E-state index contributed by atoms with van der Waals surface area (Å²) >= 11 is 0. The molecule has 1 aromatic carbocycles. The van der Waals surface area contributed by atoms with Gasteiger partial charge in [-0.15, -0.1) is 0 Å². The summed E-state index contributed by atoms with van der Waals surface area (Å²) in [6, 6.07) is 16.8. The van der Waals surface area contributed by atoms with Crippen molar-refractivity contribution >= 4 is 0 Å². The van der Waals surface area contributed by atoms with Gasteiger partial charge in [-0.2, -0.15) is 15.5 Å². The molecule has 1 fully saturated rings. The number of rotatable bonds is 4. The Bertz CT molecular complexity index is 597. The molecule has 3 rings (SSSR count). The van der Waals surface area contributed by atoms with E-state index in [0.717, 1.165) is 24.1 Å². The quantitative estimate of drug-likeness (QED) is 0.919. The highest BCUT2D eigenvalue weighted by Gasteiger charge is 2.45. The number of benzene rings is 1. The molecule has 0 spiro atoms. The molecule has 1 aliphatic carbocycles. The highest BCUT2D eigenvalue weighted by Crippen LogP contribution is 2.43. The standard InChI is InChI=1S/C16H16N4/c17-12-16(13-5-2-1-3-6-13)9-15(10-16)18-11-14-7-4-8-19-20-14/h1-8,15,18H,9-11H2. The third kappa shape index (κ3) is 2.40. The zero-order valence-electron chi connectivity index (χ0n) is 11.2. The van der Waals surface area contributed by atoms with Crippen molar-refractivity contribution < 1.29 is 0 Å². The number of nitrogens with one attached hydrogen (secondary N) is 1. The zero-order chi connectivity index (χ0) is 13.8. The van der Waals surface area contributed by atoms with Gasteiger partial charge in [0.05, 0.1) is 17.2 Å². The van der Waals surface area contributed by atoms with Crippen LogP contribution in [0.2, 0.25) is 0 Å². The fraction of sp³-hybridized carbons (Fsp3) is 0.312. The summed E-state index contributed by atoms with van der Waals surface area (Å²) in [7, 11) is 0. The Morgan fingerprint density at radius 2 is 2.00 bits per heavy atom. The van der Waals surface area contributed by atoms with Gasteiger partial charge < -0.3 is 5.32 Å². The van der Waals surface area contributed by atoms with Gasteiger partial charge in [0.25, 0.3) is 0 Å². The van der Waals surface area contributed by atoms with Crippen LogP contribution in [-0.2, 0) is 12.0 Å².